The molecule has 1 aromatic carbocycles. The van der Waals surface area contributed by atoms with E-state index < -0.39 is 0 Å². The highest BCUT2D eigenvalue weighted by atomic mass is 16.2. The average Bonchev–Trinajstić information content (AvgIpc) is 3.29. The molecule has 8 heteroatoms. The first-order chi connectivity index (χ1) is 14.2. The van der Waals surface area contributed by atoms with Crippen molar-refractivity contribution >= 4 is 11.8 Å². The van der Waals surface area contributed by atoms with E-state index in [1.54, 1.807) is 11.0 Å². The van der Waals surface area contributed by atoms with Gasteiger partial charge < -0.3 is 15.5 Å². The van der Waals surface area contributed by atoms with E-state index in [1.807, 2.05) is 29.2 Å². The summed E-state index contributed by atoms with van der Waals surface area (Å²) in [6.45, 7) is 2.21. The molecular formula is C21H26N6O2. The Hall–Kier alpha value is -2.74. The molecule has 29 heavy (non-hydrogen) atoms. The number of hydrogen-bond acceptors (Lipinski definition) is 5. The number of hydrogen-bond donors (Lipinski definition) is 2. The maximum Gasteiger partial charge on any atom is 0.243 e. The molecule has 4 atom stereocenters. The lowest BCUT2D eigenvalue weighted by atomic mass is 9.72. The van der Waals surface area contributed by atoms with Crippen LogP contribution in [0.25, 0.3) is 5.69 Å². The maximum atomic E-state index is 13.2. The molecule has 3 aliphatic heterocycles. The Balaban J connectivity index is 1.28. The van der Waals surface area contributed by atoms with Gasteiger partial charge in [-0.1, -0.05) is 12.1 Å². The van der Waals surface area contributed by atoms with Crippen molar-refractivity contribution < 1.29 is 9.59 Å². The highest BCUT2D eigenvalue weighted by Gasteiger charge is 2.50. The highest BCUT2D eigenvalue weighted by Crippen LogP contribution is 2.39. The number of fused-ring (bicyclic) bond motifs is 4. The van der Waals surface area contributed by atoms with E-state index in [0.717, 1.165) is 43.6 Å². The molecular weight excluding hydrogens is 368 g/mol. The summed E-state index contributed by atoms with van der Waals surface area (Å²) in [6, 6.07) is 7.72. The second-order valence-electron chi connectivity index (χ2n) is 8.34. The zero-order valence-electron chi connectivity index (χ0n) is 16.3. The summed E-state index contributed by atoms with van der Waals surface area (Å²) in [6.07, 6.45) is 6.70. The van der Waals surface area contributed by atoms with Crippen LogP contribution in [0, 0.1) is 11.8 Å². The highest BCUT2D eigenvalue weighted by molar-refractivity contribution is 5.89. The van der Waals surface area contributed by atoms with Crippen molar-refractivity contribution in [1.82, 2.24) is 30.3 Å². The van der Waals surface area contributed by atoms with E-state index in [2.05, 4.69) is 20.7 Å². The number of carbonyl (C=O) groups excluding carboxylic acids is 2. The van der Waals surface area contributed by atoms with Gasteiger partial charge in [0.15, 0.2) is 0 Å². The third kappa shape index (κ3) is 3.42. The lowest BCUT2D eigenvalue weighted by molar-refractivity contribution is -0.157. The standard InChI is InChI=1S/C21H26N6O2/c28-19-3-1-2-18-15-8-16(11-22-10-15)20(27(18)19)21(29)24-9-14-4-6-17(7-5-14)26-13-23-12-25-26/h4-7,12-13,15-16,18,20,22H,1-3,8-11H2,(H,24,29)/t15-,16+,18+,20-/m1/s1. The fourth-order valence-corrected chi connectivity index (χ4v) is 5.25. The smallest absolute Gasteiger partial charge is 0.243 e. The molecule has 3 fully saturated rings. The minimum Gasteiger partial charge on any atom is -0.350 e. The van der Waals surface area contributed by atoms with Gasteiger partial charge in [0.2, 0.25) is 11.8 Å². The molecule has 2 amide bonds. The van der Waals surface area contributed by atoms with E-state index >= 15 is 0 Å². The predicted molar refractivity (Wildman–Crippen MR) is 106 cm³/mol. The van der Waals surface area contributed by atoms with Crippen LogP contribution in [0.15, 0.2) is 36.9 Å². The second kappa shape index (κ2) is 7.59. The molecule has 2 aromatic rings. The summed E-state index contributed by atoms with van der Waals surface area (Å²) in [7, 11) is 0. The molecule has 0 unspecified atom stereocenters. The topological polar surface area (TPSA) is 92.1 Å². The molecule has 4 heterocycles. The minimum absolute atomic E-state index is 0.0299. The van der Waals surface area contributed by atoms with Crippen molar-refractivity contribution in [2.24, 2.45) is 11.8 Å². The van der Waals surface area contributed by atoms with Crippen LogP contribution in [0.1, 0.15) is 31.2 Å². The number of nitrogens with one attached hydrogen (secondary N) is 2. The lowest BCUT2D eigenvalue weighted by Gasteiger charge is -2.53. The second-order valence-corrected chi connectivity index (χ2v) is 8.34. The van der Waals surface area contributed by atoms with E-state index in [0.29, 0.717) is 18.9 Å². The van der Waals surface area contributed by atoms with Gasteiger partial charge in [0, 0.05) is 31.5 Å². The Bertz CT molecular complexity index is 881. The van der Waals surface area contributed by atoms with Crippen LogP contribution in [0.5, 0.6) is 0 Å². The number of amides is 2. The predicted octanol–water partition coefficient (Wildman–Crippen LogP) is 0.873. The largest absolute Gasteiger partial charge is 0.350 e. The van der Waals surface area contributed by atoms with Crippen LogP contribution >= 0.6 is 0 Å². The van der Waals surface area contributed by atoms with Crippen LogP contribution in [-0.4, -0.2) is 56.7 Å². The van der Waals surface area contributed by atoms with Crippen molar-refractivity contribution in [3.05, 3.63) is 42.5 Å². The van der Waals surface area contributed by atoms with Crippen LogP contribution in [0.3, 0.4) is 0 Å². The van der Waals surface area contributed by atoms with E-state index in [9.17, 15) is 9.59 Å². The van der Waals surface area contributed by atoms with E-state index in [-0.39, 0.29) is 29.8 Å². The maximum absolute atomic E-state index is 13.2. The van der Waals surface area contributed by atoms with Crippen molar-refractivity contribution in [2.45, 2.75) is 44.3 Å². The molecule has 0 spiro atoms. The quantitative estimate of drug-likeness (QED) is 0.803. The summed E-state index contributed by atoms with van der Waals surface area (Å²) in [5, 5.41) is 10.7. The SMILES string of the molecule is O=C(NCc1ccc(-n2cncn2)cc1)[C@H]1[C@@H]2CNC[C@@H](C2)[C@@H]2CCCC(=O)N21. The Morgan fingerprint density at radius 1 is 1.21 bits per heavy atom. The van der Waals surface area contributed by atoms with Gasteiger partial charge in [0.05, 0.1) is 5.69 Å². The first kappa shape index (κ1) is 18.3. The Morgan fingerprint density at radius 3 is 2.83 bits per heavy atom. The molecule has 2 N–H and O–H groups in total. The van der Waals surface area contributed by atoms with Crippen molar-refractivity contribution in [1.29, 1.82) is 0 Å². The van der Waals surface area contributed by atoms with Crippen molar-refractivity contribution in [3.8, 4) is 5.69 Å². The first-order valence-corrected chi connectivity index (χ1v) is 10.4. The molecule has 1 aromatic heterocycles. The molecule has 0 aliphatic carbocycles. The zero-order chi connectivity index (χ0) is 19.8. The monoisotopic (exact) mass is 394 g/mol. The summed E-state index contributed by atoms with van der Waals surface area (Å²) >= 11 is 0. The number of carbonyl (C=O) groups is 2. The summed E-state index contributed by atoms with van der Waals surface area (Å²) in [5.41, 5.74) is 1.94. The number of piperidine rings is 3. The minimum atomic E-state index is -0.355. The van der Waals surface area contributed by atoms with Gasteiger partial charge in [0.1, 0.15) is 18.7 Å². The molecule has 0 radical (unpaired) electrons. The normalized spacial score (nSPS) is 28.7. The molecule has 0 saturated carbocycles. The van der Waals surface area contributed by atoms with Gasteiger partial charge in [-0.25, -0.2) is 9.67 Å². The molecule has 5 rings (SSSR count). The van der Waals surface area contributed by atoms with Crippen LogP contribution in [0.2, 0.25) is 0 Å². The van der Waals surface area contributed by atoms with Crippen molar-refractivity contribution in [2.75, 3.05) is 13.1 Å². The fraction of sp³-hybridized carbons (Fsp3) is 0.524. The lowest BCUT2D eigenvalue weighted by Crippen LogP contribution is -2.67. The van der Waals surface area contributed by atoms with Crippen molar-refractivity contribution in [3.63, 3.8) is 0 Å². The van der Waals surface area contributed by atoms with Gasteiger partial charge in [0.25, 0.3) is 0 Å². The molecule has 3 saturated heterocycles. The van der Waals surface area contributed by atoms with Crippen LogP contribution < -0.4 is 10.6 Å². The summed E-state index contributed by atoms with van der Waals surface area (Å²) < 4.78 is 1.69. The van der Waals surface area contributed by atoms with Crippen LogP contribution in [0.4, 0.5) is 0 Å². The van der Waals surface area contributed by atoms with Gasteiger partial charge >= 0.3 is 0 Å². The number of nitrogens with zero attached hydrogens (tertiary/aromatic N) is 4. The molecule has 8 nitrogen and oxygen atoms in total. The van der Waals surface area contributed by atoms with Gasteiger partial charge in [-0.2, -0.15) is 5.10 Å². The number of aromatic nitrogens is 3. The Morgan fingerprint density at radius 2 is 2.03 bits per heavy atom. The average molecular weight is 394 g/mol. The third-order valence-corrected chi connectivity index (χ3v) is 6.60. The van der Waals surface area contributed by atoms with Gasteiger partial charge in [-0.15, -0.1) is 0 Å². The zero-order valence-corrected chi connectivity index (χ0v) is 16.3. The molecule has 3 aliphatic rings. The third-order valence-electron chi connectivity index (χ3n) is 6.60. The van der Waals surface area contributed by atoms with Gasteiger partial charge in [-0.05, 0) is 49.4 Å². The number of benzene rings is 1. The number of rotatable bonds is 4. The van der Waals surface area contributed by atoms with E-state index in [1.165, 1.54) is 6.33 Å². The van der Waals surface area contributed by atoms with Crippen LogP contribution in [-0.2, 0) is 16.1 Å². The summed E-state index contributed by atoms with van der Waals surface area (Å²) in [5.74, 6) is 0.793. The fourth-order valence-electron chi connectivity index (χ4n) is 5.25. The Kier molecular flexibility index (Phi) is 4.79. The first-order valence-electron chi connectivity index (χ1n) is 10.4. The van der Waals surface area contributed by atoms with E-state index in [4.69, 9.17) is 0 Å². The molecule has 2 bridgehead atoms. The molecule has 152 valence electrons. The Labute approximate surface area is 169 Å². The van der Waals surface area contributed by atoms with Gasteiger partial charge in [-0.3, -0.25) is 9.59 Å². The summed E-state index contributed by atoms with van der Waals surface area (Å²) in [4.78, 5) is 31.8.